The molecule has 0 aromatic heterocycles. The molecule has 6 heteroatoms. The summed E-state index contributed by atoms with van der Waals surface area (Å²) in [5.41, 5.74) is 1.54. The summed E-state index contributed by atoms with van der Waals surface area (Å²) < 4.78 is 5.26. The normalized spacial score (nSPS) is 18.3. The number of halogens is 1. The molecule has 2 unspecified atom stereocenters. The molecule has 2 aromatic carbocycles. The van der Waals surface area contributed by atoms with E-state index in [1.54, 1.807) is 31.4 Å². The molecular weight excluding hydrogens is 340 g/mol. The van der Waals surface area contributed by atoms with Crippen molar-refractivity contribution in [2.45, 2.75) is 13.0 Å². The highest BCUT2D eigenvalue weighted by atomic mass is 35.5. The van der Waals surface area contributed by atoms with Crippen molar-refractivity contribution in [1.82, 2.24) is 5.32 Å². The Bertz CT molecular complexity index is 794. The van der Waals surface area contributed by atoms with E-state index < -0.39 is 0 Å². The molecule has 1 aliphatic rings. The molecule has 0 heterocycles. The average Bonchev–Trinajstić information content (AvgIpc) is 3.41. The first-order valence-electron chi connectivity index (χ1n) is 8.04. The number of carbonyl (C=O) groups is 2. The van der Waals surface area contributed by atoms with Crippen LogP contribution in [0.5, 0.6) is 5.75 Å². The van der Waals surface area contributed by atoms with Crippen LogP contribution < -0.4 is 15.4 Å². The van der Waals surface area contributed by atoms with Crippen LogP contribution in [0.25, 0.3) is 0 Å². The van der Waals surface area contributed by atoms with Crippen LogP contribution in [0, 0.1) is 11.8 Å². The van der Waals surface area contributed by atoms with Gasteiger partial charge in [0.25, 0.3) is 0 Å². The van der Waals surface area contributed by atoms with E-state index in [1.807, 2.05) is 24.3 Å². The zero-order chi connectivity index (χ0) is 17.8. The molecule has 0 bridgehead atoms. The predicted molar refractivity (Wildman–Crippen MR) is 96.5 cm³/mol. The monoisotopic (exact) mass is 358 g/mol. The minimum Gasteiger partial charge on any atom is -0.496 e. The third-order valence-corrected chi connectivity index (χ3v) is 4.44. The summed E-state index contributed by atoms with van der Waals surface area (Å²) in [6, 6.07) is 14.5. The minimum atomic E-state index is -0.295. The molecule has 5 nitrogen and oxygen atoms in total. The molecule has 1 aliphatic carbocycles. The molecular formula is C19H19ClN2O3. The smallest absolute Gasteiger partial charge is 0.228 e. The number of carbonyl (C=O) groups excluding carboxylic acids is 2. The van der Waals surface area contributed by atoms with Crippen LogP contribution in [0.1, 0.15) is 12.0 Å². The van der Waals surface area contributed by atoms with E-state index in [9.17, 15) is 9.59 Å². The van der Waals surface area contributed by atoms with Crippen molar-refractivity contribution in [2.75, 3.05) is 12.4 Å². The third-order valence-electron chi connectivity index (χ3n) is 4.20. The molecule has 0 radical (unpaired) electrons. The molecule has 25 heavy (non-hydrogen) atoms. The molecule has 2 atom stereocenters. The van der Waals surface area contributed by atoms with E-state index in [1.165, 1.54) is 0 Å². The molecule has 0 aliphatic heterocycles. The number of para-hydroxylation sites is 1. The zero-order valence-electron chi connectivity index (χ0n) is 13.8. The van der Waals surface area contributed by atoms with Crippen molar-refractivity contribution in [2.24, 2.45) is 11.8 Å². The number of nitrogens with one attached hydrogen (secondary N) is 2. The molecule has 2 amide bonds. The number of ether oxygens (including phenoxy) is 1. The Hall–Kier alpha value is -2.53. The minimum absolute atomic E-state index is 0.114. The van der Waals surface area contributed by atoms with Gasteiger partial charge in [-0.2, -0.15) is 0 Å². The first-order valence-corrected chi connectivity index (χ1v) is 8.42. The summed E-state index contributed by atoms with van der Waals surface area (Å²) in [6.45, 7) is 0.377. The lowest BCUT2D eigenvalue weighted by Crippen LogP contribution is -2.27. The van der Waals surface area contributed by atoms with Gasteiger partial charge in [-0.3, -0.25) is 9.59 Å². The molecule has 2 aromatic rings. The van der Waals surface area contributed by atoms with Gasteiger partial charge in [-0.15, -0.1) is 0 Å². The van der Waals surface area contributed by atoms with E-state index in [4.69, 9.17) is 16.3 Å². The lowest BCUT2D eigenvalue weighted by molar-refractivity contribution is -0.125. The number of rotatable bonds is 6. The number of hydrogen-bond acceptors (Lipinski definition) is 3. The van der Waals surface area contributed by atoms with Gasteiger partial charge in [0.05, 0.1) is 18.9 Å². The van der Waals surface area contributed by atoms with E-state index in [2.05, 4.69) is 10.6 Å². The van der Waals surface area contributed by atoms with Gasteiger partial charge in [0.1, 0.15) is 5.75 Å². The fourth-order valence-electron chi connectivity index (χ4n) is 2.74. The maximum atomic E-state index is 12.2. The van der Waals surface area contributed by atoms with Gasteiger partial charge in [0, 0.05) is 22.8 Å². The van der Waals surface area contributed by atoms with Gasteiger partial charge >= 0.3 is 0 Å². The Kier molecular flexibility index (Phi) is 5.24. The Balaban J connectivity index is 1.51. The molecule has 0 saturated heterocycles. The van der Waals surface area contributed by atoms with Crippen LogP contribution in [0.15, 0.2) is 48.5 Å². The Morgan fingerprint density at radius 1 is 1.12 bits per heavy atom. The highest BCUT2D eigenvalue weighted by Crippen LogP contribution is 2.39. The standard InChI is InChI=1S/C19H19ClN2O3/c1-25-17-8-3-2-5-12(17)11-21-18(23)15-10-16(15)19(24)22-14-7-4-6-13(20)9-14/h2-9,15-16H,10-11H2,1H3,(H,21,23)(H,22,24). The van der Waals surface area contributed by atoms with E-state index >= 15 is 0 Å². The summed E-state index contributed by atoms with van der Waals surface area (Å²) in [5.74, 6) is -0.115. The van der Waals surface area contributed by atoms with Crippen LogP contribution in [-0.2, 0) is 16.1 Å². The third kappa shape index (κ3) is 4.31. The molecule has 1 saturated carbocycles. The summed E-state index contributed by atoms with van der Waals surface area (Å²) in [4.78, 5) is 24.5. The van der Waals surface area contributed by atoms with Gasteiger partial charge in [-0.05, 0) is 30.7 Å². The number of amides is 2. The van der Waals surface area contributed by atoms with Crippen molar-refractivity contribution in [3.8, 4) is 5.75 Å². The van der Waals surface area contributed by atoms with E-state index in [-0.39, 0.29) is 23.7 Å². The van der Waals surface area contributed by atoms with Gasteiger partial charge < -0.3 is 15.4 Å². The van der Waals surface area contributed by atoms with Gasteiger partial charge in [-0.1, -0.05) is 35.9 Å². The van der Waals surface area contributed by atoms with Crippen molar-refractivity contribution >= 4 is 29.1 Å². The van der Waals surface area contributed by atoms with Crippen LogP contribution in [-0.4, -0.2) is 18.9 Å². The van der Waals surface area contributed by atoms with Crippen molar-refractivity contribution in [3.63, 3.8) is 0 Å². The maximum absolute atomic E-state index is 12.2. The van der Waals surface area contributed by atoms with Crippen LogP contribution in [0.4, 0.5) is 5.69 Å². The van der Waals surface area contributed by atoms with Crippen molar-refractivity contribution < 1.29 is 14.3 Å². The van der Waals surface area contributed by atoms with Crippen LogP contribution >= 0.6 is 11.6 Å². The lowest BCUT2D eigenvalue weighted by atomic mass is 10.2. The topological polar surface area (TPSA) is 67.4 Å². The summed E-state index contributed by atoms with van der Waals surface area (Å²) in [6.07, 6.45) is 0.560. The first-order chi connectivity index (χ1) is 12.1. The molecule has 130 valence electrons. The summed E-state index contributed by atoms with van der Waals surface area (Å²) in [5, 5.41) is 6.23. The quantitative estimate of drug-likeness (QED) is 0.833. The zero-order valence-corrected chi connectivity index (χ0v) is 14.5. The van der Waals surface area contributed by atoms with Gasteiger partial charge in [0.2, 0.25) is 11.8 Å². The summed E-state index contributed by atoms with van der Waals surface area (Å²) >= 11 is 5.90. The van der Waals surface area contributed by atoms with Crippen LogP contribution in [0.2, 0.25) is 5.02 Å². The number of anilines is 1. The number of benzene rings is 2. The Morgan fingerprint density at radius 3 is 2.64 bits per heavy atom. The van der Waals surface area contributed by atoms with E-state index in [0.717, 1.165) is 11.3 Å². The second-order valence-electron chi connectivity index (χ2n) is 5.98. The van der Waals surface area contributed by atoms with Gasteiger partial charge in [-0.25, -0.2) is 0 Å². The fraction of sp³-hybridized carbons (Fsp3) is 0.263. The largest absolute Gasteiger partial charge is 0.496 e. The number of hydrogen-bond donors (Lipinski definition) is 2. The average molecular weight is 359 g/mol. The first kappa shape index (κ1) is 17.3. The second-order valence-corrected chi connectivity index (χ2v) is 6.41. The van der Waals surface area contributed by atoms with E-state index in [0.29, 0.717) is 23.7 Å². The highest BCUT2D eigenvalue weighted by molar-refractivity contribution is 6.30. The Morgan fingerprint density at radius 2 is 1.88 bits per heavy atom. The van der Waals surface area contributed by atoms with Crippen LogP contribution in [0.3, 0.4) is 0 Å². The Labute approximate surface area is 151 Å². The fourth-order valence-corrected chi connectivity index (χ4v) is 2.93. The molecule has 0 spiro atoms. The maximum Gasteiger partial charge on any atom is 0.228 e. The second kappa shape index (κ2) is 7.57. The summed E-state index contributed by atoms with van der Waals surface area (Å²) in [7, 11) is 1.59. The lowest BCUT2D eigenvalue weighted by Gasteiger charge is -2.09. The SMILES string of the molecule is COc1ccccc1CNC(=O)C1CC1C(=O)Nc1cccc(Cl)c1. The van der Waals surface area contributed by atoms with Crippen molar-refractivity contribution in [1.29, 1.82) is 0 Å². The number of methoxy groups -OCH3 is 1. The van der Waals surface area contributed by atoms with Gasteiger partial charge in [0.15, 0.2) is 0 Å². The highest BCUT2D eigenvalue weighted by Gasteiger charge is 2.47. The predicted octanol–water partition coefficient (Wildman–Crippen LogP) is 3.24. The molecule has 3 rings (SSSR count). The molecule has 2 N–H and O–H groups in total. The molecule has 1 fully saturated rings. The van der Waals surface area contributed by atoms with Crippen molar-refractivity contribution in [3.05, 3.63) is 59.1 Å².